The molecule has 1 aromatic heterocycles. The van der Waals surface area contributed by atoms with Crippen molar-refractivity contribution < 1.29 is 9.53 Å². The molecule has 1 saturated heterocycles. The van der Waals surface area contributed by atoms with Gasteiger partial charge in [-0.25, -0.2) is 4.98 Å². The van der Waals surface area contributed by atoms with Crippen molar-refractivity contribution in [2.45, 2.75) is 44.9 Å². The third-order valence-electron chi connectivity index (χ3n) is 5.20. The van der Waals surface area contributed by atoms with Gasteiger partial charge in [0.2, 0.25) is 5.91 Å². The second-order valence-electron chi connectivity index (χ2n) is 7.14. The molecule has 3 aromatic rings. The van der Waals surface area contributed by atoms with Crippen molar-refractivity contribution in [3.8, 4) is 0 Å². The Labute approximate surface area is 169 Å². The number of imidazole rings is 1. The van der Waals surface area contributed by atoms with E-state index in [4.69, 9.17) is 21.3 Å². The Kier molecular flexibility index (Phi) is 5.64. The number of hydrogen-bond acceptors (Lipinski definition) is 3. The molecule has 28 heavy (non-hydrogen) atoms. The zero-order chi connectivity index (χ0) is 19.5. The molecule has 0 spiro atoms. The van der Waals surface area contributed by atoms with Crippen molar-refractivity contribution in [1.29, 1.82) is 0 Å². The van der Waals surface area contributed by atoms with Crippen LogP contribution in [0.25, 0.3) is 11.0 Å². The van der Waals surface area contributed by atoms with E-state index in [0.717, 1.165) is 46.7 Å². The maximum atomic E-state index is 12.6. The molecule has 6 heteroatoms. The highest BCUT2D eigenvalue weighted by molar-refractivity contribution is 6.30. The second kappa shape index (κ2) is 8.33. The smallest absolute Gasteiger partial charge is 0.249 e. The summed E-state index contributed by atoms with van der Waals surface area (Å²) in [5.41, 5.74) is 3.11. The first-order valence-corrected chi connectivity index (χ1v) is 10.1. The van der Waals surface area contributed by atoms with Crippen molar-refractivity contribution in [2.24, 2.45) is 0 Å². The third-order valence-corrected chi connectivity index (χ3v) is 5.45. The van der Waals surface area contributed by atoms with Crippen LogP contribution in [0.5, 0.6) is 0 Å². The fourth-order valence-corrected chi connectivity index (χ4v) is 3.82. The van der Waals surface area contributed by atoms with E-state index >= 15 is 0 Å². The van der Waals surface area contributed by atoms with Crippen LogP contribution in [0.1, 0.15) is 43.6 Å². The van der Waals surface area contributed by atoms with Gasteiger partial charge in [-0.05, 0) is 49.1 Å². The number of nitrogens with zero attached hydrogens (tertiary/aromatic N) is 2. The quantitative estimate of drug-likeness (QED) is 0.667. The monoisotopic (exact) mass is 397 g/mol. The number of amides is 1. The second-order valence-corrected chi connectivity index (χ2v) is 7.58. The summed E-state index contributed by atoms with van der Waals surface area (Å²) in [6, 6.07) is 15.7. The van der Waals surface area contributed by atoms with E-state index in [1.165, 1.54) is 0 Å². The molecule has 2 unspecified atom stereocenters. The van der Waals surface area contributed by atoms with Crippen LogP contribution in [0, 0.1) is 0 Å². The van der Waals surface area contributed by atoms with Crippen LogP contribution in [0.4, 0.5) is 0 Å². The van der Waals surface area contributed by atoms with E-state index in [0.29, 0.717) is 13.2 Å². The number of carbonyl (C=O) groups is 1. The van der Waals surface area contributed by atoms with Gasteiger partial charge in [-0.1, -0.05) is 42.8 Å². The Hall–Kier alpha value is -2.37. The molecule has 2 heterocycles. The Morgan fingerprint density at radius 1 is 1.29 bits per heavy atom. The summed E-state index contributed by atoms with van der Waals surface area (Å²) in [4.78, 5) is 17.5. The van der Waals surface area contributed by atoms with Gasteiger partial charge in [0.1, 0.15) is 11.9 Å². The van der Waals surface area contributed by atoms with E-state index in [1.54, 1.807) is 0 Å². The van der Waals surface area contributed by atoms with Crippen molar-refractivity contribution in [1.82, 2.24) is 14.9 Å². The molecule has 1 fully saturated rings. The molecule has 0 aliphatic carbocycles. The zero-order valence-corrected chi connectivity index (χ0v) is 16.7. The number of carbonyl (C=O) groups excluding carboxylic acids is 1. The van der Waals surface area contributed by atoms with Gasteiger partial charge in [0.25, 0.3) is 0 Å². The fourth-order valence-electron chi connectivity index (χ4n) is 3.70. The van der Waals surface area contributed by atoms with E-state index in [2.05, 4.69) is 22.9 Å². The lowest BCUT2D eigenvalue weighted by molar-refractivity contribution is -0.130. The Bertz CT molecular complexity index is 962. The van der Waals surface area contributed by atoms with E-state index in [9.17, 15) is 4.79 Å². The SMILES string of the molecule is CCC(NC(=O)C1CCCO1)c1nc2ccccc2n1Cc1ccc(Cl)cc1. The number of hydrogen-bond donors (Lipinski definition) is 1. The summed E-state index contributed by atoms with van der Waals surface area (Å²) < 4.78 is 7.72. The van der Waals surface area contributed by atoms with Gasteiger partial charge < -0.3 is 14.6 Å². The molecule has 146 valence electrons. The van der Waals surface area contributed by atoms with Gasteiger partial charge in [0, 0.05) is 18.2 Å². The molecule has 1 amide bonds. The van der Waals surface area contributed by atoms with Crippen LogP contribution in [0.2, 0.25) is 5.02 Å². The molecule has 5 nitrogen and oxygen atoms in total. The first kappa shape index (κ1) is 19.0. The molecule has 1 aliphatic heterocycles. The number of aromatic nitrogens is 2. The molecule has 0 radical (unpaired) electrons. The summed E-state index contributed by atoms with van der Waals surface area (Å²) >= 11 is 6.03. The van der Waals surface area contributed by atoms with Gasteiger partial charge in [0.05, 0.1) is 17.1 Å². The number of ether oxygens (including phenoxy) is 1. The first-order valence-electron chi connectivity index (χ1n) is 9.77. The Balaban J connectivity index is 1.67. The lowest BCUT2D eigenvalue weighted by Crippen LogP contribution is -2.37. The Morgan fingerprint density at radius 3 is 2.79 bits per heavy atom. The largest absolute Gasteiger partial charge is 0.368 e. The summed E-state index contributed by atoms with van der Waals surface area (Å²) in [5.74, 6) is 0.819. The number of benzene rings is 2. The van der Waals surface area contributed by atoms with Crippen molar-refractivity contribution in [3.63, 3.8) is 0 Å². The average molecular weight is 398 g/mol. The molecular formula is C22H24ClN3O2. The van der Waals surface area contributed by atoms with Crippen molar-refractivity contribution in [3.05, 3.63) is 64.9 Å². The highest BCUT2D eigenvalue weighted by Crippen LogP contribution is 2.25. The van der Waals surface area contributed by atoms with Gasteiger partial charge in [-0.2, -0.15) is 0 Å². The lowest BCUT2D eigenvalue weighted by atomic mass is 10.1. The van der Waals surface area contributed by atoms with Crippen LogP contribution in [-0.4, -0.2) is 28.2 Å². The molecular weight excluding hydrogens is 374 g/mol. The average Bonchev–Trinajstić information content (AvgIpc) is 3.37. The van der Waals surface area contributed by atoms with Crippen molar-refractivity contribution in [2.75, 3.05) is 6.61 Å². The van der Waals surface area contributed by atoms with Crippen LogP contribution in [0.15, 0.2) is 48.5 Å². The van der Waals surface area contributed by atoms with E-state index in [-0.39, 0.29) is 18.1 Å². The number of rotatable bonds is 6. The molecule has 4 rings (SSSR count). The van der Waals surface area contributed by atoms with Gasteiger partial charge in [-0.15, -0.1) is 0 Å². The third kappa shape index (κ3) is 3.91. The van der Waals surface area contributed by atoms with E-state index < -0.39 is 0 Å². The molecule has 0 bridgehead atoms. The number of halogens is 1. The highest BCUT2D eigenvalue weighted by Gasteiger charge is 2.27. The molecule has 2 atom stereocenters. The molecule has 0 saturated carbocycles. The summed E-state index contributed by atoms with van der Waals surface area (Å²) in [6.45, 7) is 3.38. The minimum Gasteiger partial charge on any atom is -0.368 e. The summed E-state index contributed by atoms with van der Waals surface area (Å²) in [6.07, 6.45) is 2.12. The predicted molar refractivity (Wildman–Crippen MR) is 110 cm³/mol. The fraction of sp³-hybridized carbons (Fsp3) is 0.364. The van der Waals surface area contributed by atoms with Crippen LogP contribution >= 0.6 is 11.6 Å². The van der Waals surface area contributed by atoms with Crippen LogP contribution in [-0.2, 0) is 16.1 Å². The normalized spacial score (nSPS) is 17.7. The predicted octanol–water partition coefficient (Wildman–Crippen LogP) is 4.48. The minimum absolute atomic E-state index is 0.0468. The topological polar surface area (TPSA) is 56.1 Å². The van der Waals surface area contributed by atoms with Gasteiger partial charge >= 0.3 is 0 Å². The minimum atomic E-state index is -0.344. The number of nitrogens with one attached hydrogen (secondary N) is 1. The molecule has 2 aromatic carbocycles. The molecule has 1 aliphatic rings. The van der Waals surface area contributed by atoms with E-state index in [1.807, 2.05) is 42.5 Å². The van der Waals surface area contributed by atoms with Crippen LogP contribution in [0.3, 0.4) is 0 Å². The number of fused-ring (bicyclic) bond motifs is 1. The lowest BCUT2D eigenvalue weighted by Gasteiger charge is -2.20. The highest BCUT2D eigenvalue weighted by atomic mass is 35.5. The maximum absolute atomic E-state index is 12.6. The molecule has 1 N–H and O–H groups in total. The summed E-state index contributed by atoms with van der Waals surface area (Å²) in [7, 11) is 0. The number of para-hydroxylation sites is 2. The zero-order valence-electron chi connectivity index (χ0n) is 15.9. The first-order chi connectivity index (χ1) is 13.7. The standard InChI is InChI=1S/C22H24ClN3O2/c1-2-17(25-22(27)20-8-5-13-28-20)21-24-18-6-3-4-7-19(18)26(21)14-15-9-11-16(23)12-10-15/h3-4,6-7,9-12,17,20H,2,5,8,13-14H2,1H3,(H,25,27). The van der Waals surface area contributed by atoms with Crippen LogP contribution < -0.4 is 5.32 Å². The maximum Gasteiger partial charge on any atom is 0.249 e. The Morgan fingerprint density at radius 2 is 2.07 bits per heavy atom. The van der Waals surface area contributed by atoms with Crippen molar-refractivity contribution >= 4 is 28.5 Å². The van der Waals surface area contributed by atoms with Gasteiger partial charge in [0.15, 0.2) is 0 Å². The summed E-state index contributed by atoms with van der Waals surface area (Å²) in [5, 5.41) is 3.87. The van der Waals surface area contributed by atoms with Gasteiger partial charge in [-0.3, -0.25) is 4.79 Å².